The maximum atomic E-state index is 12.8. The second-order valence-corrected chi connectivity index (χ2v) is 8.46. The van der Waals surface area contributed by atoms with Crippen molar-refractivity contribution < 1.29 is 22.7 Å². The lowest BCUT2D eigenvalue weighted by molar-refractivity contribution is -0.121. The molecule has 0 aliphatic heterocycles. The van der Waals surface area contributed by atoms with Gasteiger partial charge >= 0.3 is 0 Å². The molecule has 0 aliphatic carbocycles. The number of sulfonamides is 1. The minimum atomic E-state index is -3.77. The molecule has 8 heteroatoms. The molecule has 2 aromatic rings. The number of nitrogens with zero attached hydrogens (tertiary/aromatic N) is 1. The highest BCUT2D eigenvalue weighted by molar-refractivity contribution is 7.89. The number of likely N-dealkylation sites (N-methyl/N-ethyl adjacent to an activating group) is 1. The number of hydrogen-bond donors (Lipinski definition) is 1. The number of hydrogen-bond acceptors (Lipinski definition) is 5. The fourth-order valence-electron chi connectivity index (χ4n) is 2.79. The first-order valence-corrected chi connectivity index (χ1v) is 10.1. The summed E-state index contributed by atoms with van der Waals surface area (Å²) in [5.74, 6) is 0.733. The molecule has 0 heterocycles. The Morgan fingerprint density at radius 3 is 2.25 bits per heavy atom. The first kappa shape index (κ1) is 21.7. The summed E-state index contributed by atoms with van der Waals surface area (Å²) in [7, 11) is 0.681. The number of amides is 1. The standard InChI is InChI=1S/C20H26N2O5S/c1-14-9-10-15(2)19(11-14)28(24,25)22(3)13-20(23)21-12-16-17(26-4)7-6-8-18(16)27-5/h6-11H,12-13H2,1-5H3,(H,21,23). The normalized spacial score (nSPS) is 11.4. The molecule has 28 heavy (non-hydrogen) atoms. The molecule has 0 unspecified atom stereocenters. The topological polar surface area (TPSA) is 84.9 Å². The summed E-state index contributed by atoms with van der Waals surface area (Å²) >= 11 is 0. The van der Waals surface area contributed by atoms with E-state index in [1.165, 1.54) is 21.3 Å². The highest BCUT2D eigenvalue weighted by Crippen LogP contribution is 2.28. The largest absolute Gasteiger partial charge is 0.496 e. The van der Waals surface area contributed by atoms with Crippen LogP contribution in [0.1, 0.15) is 16.7 Å². The zero-order chi connectivity index (χ0) is 20.9. The second-order valence-electron chi connectivity index (χ2n) is 6.45. The summed E-state index contributed by atoms with van der Waals surface area (Å²) in [6.07, 6.45) is 0. The molecule has 0 atom stereocenters. The van der Waals surface area contributed by atoms with Crippen LogP contribution < -0.4 is 14.8 Å². The van der Waals surface area contributed by atoms with Crippen LogP contribution in [0.5, 0.6) is 11.5 Å². The summed E-state index contributed by atoms with van der Waals surface area (Å²) in [5, 5.41) is 2.72. The summed E-state index contributed by atoms with van der Waals surface area (Å²) in [6.45, 7) is 3.41. The van der Waals surface area contributed by atoms with Gasteiger partial charge in [-0.1, -0.05) is 18.2 Å². The number of methoxy groups -OCH3 is 2. The average Bonchev–Trinajstić information content (AvgIpc) is 2.67. The van der Waals surface area contributed by atoms with Crippen LogP contribution in [0.3, 0.4) is 0 Å². The van der Waals surface area contributed by atoms with Gasteiger partial charge in [-0.3, -0.25) is 4.79 Å². The quantitative estimate of drug-likeness (QED) is 0.727. The zero-order valence-electron chi connectivity index (χ0n) is 16.8. The monoisotopic (exact) mass is 406 g/mol. The van der Waals surface area contributed by atoms with E-state index in [1.54, 1.807) is 37.3 Å². The number of nitrogens with one attached hydrogen (secondary N) is 1. The molecule has 1 amide bonds. The van der Waals surface area contributed by atoms with Gasteiger partial charge in [0, 0.05) is 7.05 Å². The van der Waals surface area contributed by atoms with Gasteiger partial charge in [-0.25, -0.2) is 8.42 Å². The molecule has 0 saturated heterocycles. The van der Waals surface area contributed by atoms with E-state index in [0.29, 0.717) is 22.6 Å². The van der Waals surface area contributed by atoms with Crippen molar-refractivity contribution in [3.05, 3.63) is 53.1 Å². The molecule has 0 saturated carbocycles. The van der Waals surface area contributed by atoms with Crippen molar-refractivity contribution in [2.45, 2.75) is 25.3 Å². The molecule has 2 rings (SSSR count). The van der Waals surface area contributed by atoms with Gasteiger partial charge in [-0.05, 0) is 43.2 Å². The Morgan fingerprint density at radius 1 is 1.07 bits per heavy atom. The third kappa shape index (κ3) is 4.82. The Hall–Kier alpha value is -2.58. The van der Waals surface area contributed by atoms with Crippen molar-refractivity contribution in [3.8, 4) is 11.5 Å². The maximum absolute atomic E-state index is 12.8. The Labute approximate surface area is 166 Å². The van der Waals surface area contributed by atoms with Crippen molar-refractivity contribution in [2.75, 3.05) is 27.8 Å². The van der Waals surface area contributed by atoms with Crippen molar-refractivity contribution in [1.29, 1.82) is 0 Å². The van der Waals surface area contributed by atoms with Crippen LogP contribution in [0.2, 0.25) is 0 Å². The predicted molar refractivity (Wildman–Crippen MR) is 107 cm³/mol. The van der Waals surface area contributed by atoms with E-state index >= 15 is 0 Å². The van der Waals surface area contributed by atoms with Gasteiger partial charge in [-0.2, -0.15) is 4.31 Å². The molecule has 2 aromatic carbocycles. The van der Waals surface area contributed by atoms with Crippen LogP contribution in [-0.4, -0.2) is 46.4 Å². The van der Waals surface area contributed by atoms with E-state index < -0.39 is 15.9 Å². The molecule has 152 valence electrons. The van der Waals surface area contributed by atoms with E-state index in [9.17, 15) is 13.2 Å². The lowest BCUT2D eigenvalue weighted by atomic mass is 10.1. The fourth-order valence-corrected chi connectivity index (χ4v) is 4.22. The highest BCUT2D eigenvalue weighted by Gasteiger charge is 2.25. The molecular formula is C20H26N2O5S. The van der Waals surface area contributed by atoms with Crippen LogP contribution in [-0.2, 0) is 21.4 Å². The van der Waals surface area contributed by atoms with Crippen LogP contribution in [0.15, 0.2) is 41.3 Å². The number of carbonyl (C=O) groups excluding carboxylic acids is 1. The summed E-state index contributed by atoms with van der Waals surface area (Å²) in [5.41, 5.74) is 2.16. The van der Waals surface area contributed by atoms with Gasteiger partial charge in [0.15, 0.2) is 0 Å². The summed E-state index contributed by atoms with van der Waals surface area (Å²) < 4.78 is 37.3. The zero-order valence-corrected chi connectivity index (χ0v) is 17.6. The van der Waals surface area contributed by atoms with E-state index in [1.807, 2.05) is 13.0 Å². The van der Waals surface area contributed by atoms with Gasteiger partial charge in [0.25, 0.3) is 0 Å². The molecule has 0 bridgehead atoms. The first-order valence-electron chi connectivity index (χ1n) is 8.71. The Kier molecular flexibility index (Phi) is 7.04. The van der Waals surface area contributed by atoms with Crippen LogP contribution in [0, 0.1) is 13.8 Å². The van der Waals surface area contributed by atoms with Gasteiger partial charge in [-0.15, -0.1) is 0 Å². The average molecular weight is 407 g/mol. The molecule has 0 radical (unpaired) electrons. The minimum Gasteiger partial charge on any atom is -0.496 e. The molecule has 0 aliphatic rings. The minimum absolute atomic E-state index is 0.156. The molecule has 0 aromatic heterocycles. The van der Waals surface area contributed by atoms with Crippen LogP contribution >= 0.6 is 0 Å². The number of rotatable bonds is 8. The van der Waals surface area contributed by atoms with E-state index in [4.69, 9.17) is 9.47 Å². The van der Waals surface area contributed by atoms with E-state index in [0.717, 1.165) is 9.87 Å². The predicted octanol–water partition coefficient (Wildman–Crippen LogP) is 2.26. The summed E-state index contributed by atoms with van der Waals surface area (Å²) in [4.78, 5) is 12.6. The molecule has 7 nitrogen and oxygen atoms in total. The molecule has 0 fully saturated rings. The molecule has 1 N–H and O–H groups in total. The Morgan fingerprint density at radius 2 is 1.68 bits per heavy atom. The maximum Gasteiger partial charge on any atom is 0.243 e. The SMILES string of the molecule is COc1cccc(OC)c1CNC(=O)CN(C)S(=O)(=O)c1cc(C)ccc1C. The fraction of sp³-hybridized carbons (Fsp3) is 0.350. The Balaban J connectivity index is 2.10. The number of carbonyl (C=O) groups is 1. The smallest absolute Gasteiger partial charge is 0.243 e. The van der Waals surface area contributed by atoms with Gasteiger partial charge < -0.3 is 14.8 Å². The first-order chi connectivity index (χ1) is 13.2. The third-order valence-electron chi connectivity index (χ3n) is 4.39. The second kappa shape index (κ2) is 9.07. The number of ether oxygens (including phenoxy) is 2. The summed E-state index contributed by atoms with van der Waals surface area (Å²) in [6, 6.07) is 10.5. The lowest BCUT2D eigenvalue weighted by Gasteiger charge is -2.19. The van der Waals surface area contributed by atoms with E-state index in [-0.39, 0.29) is 18.0 Å². The highest BCUT2D eigenvalue weighted by atomic mass is 32.2. The number of aryl methyl sites for hydroxylation is 2. The molecular weight excluding hydrogens is 380 g/mol. The van der Waals surface area contributed by atoms with Gasteiger partial charge in [0.2, 0.25) is 15.9 Å². The van der Waals surface area contributed by atoms with Crippen LogP contribution in [0.25, 0.3) is 0 Å². The third-order valence-corrected chi connectivity index (χ3v) is 6.34. The van der Waals surface area contributed by atoms with Gasteiger partial charge in [0.05, 0.1) is 37.8 Å². The van der Waals surface area contributed by atoms with Crippen molar-refractivity contribution in [3.63, 3.8) is 0 Å². The van der Waals surface area contributed by atoms with E-state index in [2.05, 4.69) is 5.32 Å². The van der Waals surface area contributed by atoms with Crippen LogP contribution in [0.4, 0.5) is 0 Å². The number of benzene rings is 2. The van der Waals surface area contributed by atoms with Crippen molar-refractivity contribution >= 4 is 15.9 Å². The van der Waals surface area contributed by atoms with Crippen molar-refractivity contribution in [2.24, 2.45) is 0 Å². The molecule has 0 spiro atoms. The van der Waals surface area contributed by atoms with Gasteiger partial charge in [0.1, 0.15) is 11.5 Å². The lowest BCUT2D eigenvalue weighted by Crippen LogP contribution is -2.38. The Bertz CT molecular complexity index is 935. The van der Waals surface area contributed by atoms with Crippen molar-refractivity contribution in [1.82, 2.24) is 9.62 Å².